The molecular weight excluding hydrogens is 300 g/mol. The van der Waals surface area contributed by atoms with E-state index in [0.717, 1.165) is 12.1 Å². The van der Waals surface area contributed by atoms with Crippen molar-refractivity contribution in [2.45, 2.75) is 19.8 Å². The lowest BCUT2D eigenvalue weighted by Gasteiger charge is -2.30. The van der Waals surface area contributed by atoms with Crippen molar-refractivity contribution in [2.75, 3.05) is 24.4 Å². The zero-order chi connectivity index (χ0) is 15.6. The molecule has 2 rings (SSSR count). The van der Waals surface area contributed by atoms with E-state index in [1.807, 2.05) is 0 Å². The normalized spacial score (nSPS) is 17.9. The maximum atomic E-state index is 13.7. The third kappa shape index (κ3) is 3.69. The lowest BCUT2D eigenvalue weighted by Crippen LogP contribution is -2.42. The minimum atomic E-state index is -3.88. The molecular formula is C13H19F2N3O2S. The maximum absolute atomic E-state index is 13.7. The van der Waals surface area contributed by atoms with Crippen LogP contribution in [-0.4, -0.2) is 32.4 Å². The molecule has 1 heterocycles. The van der Waals surface area contributed by atoms with E-state index in [0.29, 0.717) is 38.4 Å². The summed E-state index contributed by atoms with van der Waals surface area (Å²) in [5.74, 6) is -1.14. The number of rotatable bonds is 4. The fourth-order valence-electron chi connectivity index (χ4n) is 2.31. The SMILES string of the molecule is Cc1cc(F)c(NS(=O)(=O)N2CCC(CN)CC2)cc1F. The highest BCUT2D eigenvalue weighted by Gasteiger charge is 2.28. The Morgan fingerprint density at radius 2 is 1.90 bits per heavy atom. The molecule has 0 atom stereocenters. The number of hydrogen-bond donors (Lipinski definition) is 2. The quantitative estimate of drug-likeness (QED) is 0.885. The molecule has 0 bridgehead atoms. The molecule has 1 aromatic rings. The van der Waals surface area contributed by atoms with E-state index < -0.39 is 21.8 Å². The molecule has 0 radical (unpaired) electrons. The second-order valence-corrected chi connectivity index (χ2v) is 6.94. The number of nitrogens with two attached hydrogens (primary N) is 1. The van der Waals surface area contributed by atoms with E-state index in [2.05, 4.69) is 4.72 Å². The maximum Gasteiger partial charge on any atom is 0.301 e. The van der Waals surface area contributed by atoms with Crippen LogP contribution in [-0.2, 0) is 10.2 Å². The van der Waals surface area contributed by atoms with Gasteiger partial charge in [0, 0.05) is 19.2 Å². The van der Waals surface area contributed by atoms with Gasteiger partial charge in [0.15, 0.2) is 0 Å². The number of nitrogens with zero attached hydrogens (tertiary/aromatic N) is 1. The molecule has 1 fully saturated rings. The van der Waals surface area contributed by atoms with Gasteiger partial charge < -0.3 is 5.73 Å². The van der Waals surface area contributed by atoms with Crippen LogP contribution in [0.4, 0.5) is 14.5 Å². The summed E-state index contributed by atoms with van der Waals surface area (Å²) >= 11 is 0. The molecule has 0 amide bonds. The molecule has 1 saturated heterocycles. The zero-order valence-electron chi connectivity index (χ0n) is 11.8. The molecule has 0 saturated carbocycles. The van der Waals surface area contributed by atoms with E-state index in [9.17, 15) is 17.2 Å². The molecule has 0 unspecified atom stereocenters. The van der Waals surface area contributed by atoms with E-state index in [4.69, 9.17) is 5.73 Å². The number of hydrogen-bond acceptors (Lipinski definition) is 3. The number of nitrogens with one attached hydrogen (secondary N) is 1. The third-order valence-corrected chi connectivity index (χ3v) is 5.26. The van der Waals surface area contributed by atoms with Crippen molar-refractivity contribution in [3.05, 3.63) is 29.3 Å². The Labute approximate surface area is 123 Å². The van der Waals surface area contributed by atoms with Gasteiger partial charge in [0.25, 0.3) is 0 Å². The zero-order valence-corrected chi connectivity index (χ0v) is 12.6. The number of piperidine rings is 1. The summed E-state index contributed by atoms with van der Waals surface area (Å²) in [6.45, 7) is 2.59. The first-order chi connectivity index (χ1) is 9.83. The van der Waals surface area contributed by atoms with Crippen LogP contribution in [0, 0.1) is 24.5 Å². The van der Waals surface area contributed by atoms with Gasteiger partial charge in [0.1, 0.15) is 11.6 Å². The molecule has 3 N–H and O–H groups in total. The molecule has 8 heteroatoms. The lowest BCUT2D eigenvalue weighted by atomic mass is 9.99. The second kappa shape index (κ2) is 6.25. The molecule has 0 aromatic heterocycles. The molecule has 0 aliphatic carbocycles. The van der Waals surface area contributed by atoms with Crippen LogP contribution >= 0.6 is 0 Å². The Hall–Kier alpha value is -1.25. The van der Waals surface area contributed by atoms with Crippen LogP contribution < -0.4 is 10.5 Å². The number of benzene rings is 1. The van der Waals surface area contributed by atoms with Gasteiger partial charge in [0.05, 0.1) is 5.69 Å². The van der Waals surface area contributed by atoms with E-state index in [1.54, 1.807) is 0 Å². The molecule has 0 spiro atoms. The summed E-state index contributed by atoms with van der Waals surface area (Å²) in [7, 11) is -3.88. The van der Waals surface area contributed by atoms with E-state index >= 15 is 0 Å². The minimum Gasteiger partial charge on any atom is -0.330 e. The third-order valence-electron chi connectivity index (χ3n) is 3.73. The highest BCUT2D eigenvalue weighted by Crippen LogP contribution is 2.23. The summed E-state index contributed by atoms with van der Waals surface area (Å²) in [6.07, 6.45) is 1.34. The monoisotopic (exact) mass is 319 g/mol. The van der Waals surface area contributed by atoms with Crippen molar-refractivity contribution in [1.29, 1.82) is 0 Å². The molecule has 21 heavy (non-hydrogen) atoms. The van der Waals surface area contributed by atoms with Crippen LogP contribution in [0.1, 0.15) is 18.4 Å². The van der Waals surface area contributed by atoms with Crippen molar-refractivity contribution < 1.29 is 17.2 Å². The van der Waals surface area contributed by atoms with Crippen molar-refractivity contribution in [3.63, 3.8) is 0 Å². The summed E-state index contributed by atoms with van der Waals surface area (Å²) in [5.41, 5.74) is 5.31. The summed E-state index contributed by atoms with van der Waals surface area (Å²) in [4.78, 5) is 0. The van der Waals surface area contributed by atoms with Gasteiger partial charge in [-0.1, -0.05) is 0 Å². The number of aryl methyl sites for hydroxylation is 1. The molecule has 118 valence electrons. The van der Waals surface area contributed by atoms with Crippen molar-refractivity contribution >= 4 is 15.9 Å². The number of halogens is 2. The first-order valence-electron chi connectivity index (χ1n) is 6.77. The first kappa shape index (κ1) is 16.1. The van der Waals surface area contributed by atoms with Gasteiger partial charge in [-0.05, 0) is 43.9 Å². The topological polar surface area (TPSA) is 75.4 Å². The van der Waals surface area contributed by atoms with Crippen LogP contribution in [0.2, 0.25) is 0 Å². The first-order valence-corrected chi connectivity index (χ1v) is 8.21. The van der Waals surface area contributed by atoms with E-state index in [-0.39, 0.29) is 11.3 Å². The second-order valence-electron chi connectivity index (χ2n) is 5.27. The van der Waals surface area contributed by atoms with Gasteiger partial charge in [-0.25, -0.2) is 8.78 Å². The Kier molecular flexibility index (Phi) is 4.80. The lowest BCUT2D eigenvalue weighted by molar-refractivity contribution is 0.280. The Balaban J connectivity index is 2.13. The molecule has 1 aliphatic rings. The van der Waals surface area contributed by atoms with E-state index in [1.165, 1.54) is 11.2 Å². The average Bonchev–Trinajstić information content (AvgIpc) is 2.44. The fourth-order valence-corrected chi connectivity index (χ4v) is 3.57. The fraction of sp³-hybridized carbons (Fsp3) is 0.538. The molecule has 1 aliphatic heterocycles. The van der Waals surface area contributed by atoms with Crippen molar-refractivity contribution in [3.8, 4) is 0 Å². The standard InChI is InChI=1S/C13H19F2N3O2S/c1-9-6-12(15)13(7-11(9)14)17-21(19,20)18-4-2-10(8-16)3-5-18/h6-7,10,17H,2-5,8,16H2,1H3. The largest absolute Gasteiger partial charge is 0.330 e. The van der Waals surface area contributed by atoms with Crippen molar-refractivity contribution in [2.24, 2.45) is 11.7 Å². The molecule has 5 nitrogen and oxygen atoms in total. The van der Waals surface area contributed by atoms with Gasteiger partial charge in [-0.3, -0.25) is 4.72 Å². The Morgan fingerprint density at radius 1 is 1.29 bits per heavy atom. The van der Waals surface area contributed by atoms with Crippen LogP contribution in [0.15, 0.2) is 12.1 Å². The van der Waals surface area contributed by atoms with Crippen molar-refractivity contribution in [1.82, 2.24) is 4.31 Å². The highest BCUT2D eigenvalue weighted by atomic mass is 32.2. The van der Waals surface area contributed by atoms with Gasteiger partial charge in [-0.15, -0.1) is 0 Å². The Bertz CT molecular complexity index is 614. The molecule has 1 aromatic carbocycles. The van der Waals surface area contributed by atoms with Crippen LogP contribution in [0.3, 0.4) is 0 Å². The predicted octanol–water partition coefficient (Wildman–Crippen LogP) is 1.60. The minimum absolute atomic E-state index is 0.124. The smallest absolute Gasteiger partial charge is 0.301 e. The van der Waals surface area contributed by atoms with Gasteiger partial charge >= 0.3 is 10.2 Å². The summed E-state index contributed by atoms with van der Waals surface area (Å²) < 4.78 is 54.9. The summed E-state index contributed by atoms with van der Waals surface area (Å²) in [5, 5.41) is 0. The van der Waals surface area contributed by atoms with Crippen LogP contribution in [0.25, 0.3) is 0 Å². The Morgan fingerprint density at radius 3 is 2.48 bits per heavy atom. The average molecular weight is 319 g/mol. The van der Waals surface area contributed by atoms with Gasteiger partial charge in [-0.2, -0.15) is 12.7 Å². The number of anilines is 1. The predicted molar refractivity (Wildman–Crippen MR) is 77.0 cm³/mol. The highest BCUT2D eigenvalue weighted by molar-refractivity contribution is 7.90. The summed E-state index contributed by atoms with van der Waals surface area (Å²) in [6, 6.07) is 1.82. The van der Waals surface area contributed by atoms with Crippen LogP contribution in [0.5, 0.6) is 0 Å². The van der Waals surface area contributed by atoms with Gasteiger partial charge in [0.2, 0.25) is 0 Å².